The molecule has 2 rings (SSSR count). The van der Waals surface area contributed by atoms with Gasteiger partial charge in [0.1, 0.15) is 0 Å². The van der Waals surface area contributed by atoms with E-state index in [0.717, 1.165) is 5.56 Å². The monoisotopic (exact) mass is 459 g/mol. The molecule has 0 radical (unpaired) electrons. The van der Waals surface area contributed by atoms with Crippen LogP contribution in [0.5, 0.6) is 11.5 Å². The first kappa shape index (κ1) is 24.6. The Kier molecular flexibility index (Phi) is 10.5. The van der Waals surface area contributed by atoms with Gasteiger partial charge in [0.25, 0.3) is 5.91 Å². The SMILES string of the molecule is COc1ccccc1OCC(=O)NNC(=S)NC(=O)CCC(=O)OCCc1ccccc1. The maximum atomic E-state index is 11.9. The number of carbonyl (C=O) groups is 3. The van der Waals surface area contributed by atoms with E-state index in [1.807, 2.05) is 30.3 Å². The number of rotatable bonds is 10. The first-order chi connectivity index (χ1) is 15.5. The number of nitrogens with one attached hydrogen (secondary N) is 3. The number of esters is 1. The molecule has 10 heteroatoms. The lowest BCUT2D eigenvalue weighted by Crippen LogP contribution is -2.49. The van der Waals surface area contributed by atoms with Crippen molar-refractivity contribution < 1.29 is 28.6 Å². The topological polar surface area (TPSA) is 115 Å². The van der Waals surface area contributed by atoms with E-state index in [1.165, 1.54) is 7.11 Å². The minimum atomic E-state index is -0.519. The smallest absolute Gasteiger partial charge is 0.306 e. The zero-order valence-corrected chi connectivity index (χ0v) is 18.4. The van der Waals surface area contributed by atoms with Crippen LogP contribution in [0, 0.1) is 0 Å². The Bertz CT molecular complexity index is 923. The minimum absolute atomic E-state index is 0.0810. The van der Waals surface area contributed by atoms with Crippen molar-refractivity contribution in [3.8, 4) is 11.5 Å². The van der Waals surface area contributed by atoms with E-state index in [2.05, 4.69) is 16.2 Å². The number of hydrazine groups is 1. The van der Waals surface area contributed by atoms with Crippen LogP contribution in [-0.4, -0.2) is 43.2 Å². The third-order valence-electron chi connectivity index (χ3n) is 4.05. The summed E-state index contributed by atoms with van der Waals surface area (Å²) in [6, 6.07) is 16.5. The summed E-state index contributed by atoms with van der Waals surface area (Å²) in [5.74, 6) is -0.570. The van der Waals surface area contributed by atoms with Gasteiger partial charge in [-0.25, -0.2) is 0 Å². The molecule has 0 bridgehead atoms. The molecule has 0 aliphatic heterocycles. The number of ether oxygens (including phenoxy) is 3. The summed E-state index contributed by atoms with van der Waals surface area (Å²) >= 11 is 4.94. The van der Waals surface area contributed by atoms with Gasteiger partial charge in [0.05, 0.1) is 20.1 Å². The normalized spacial score (nSPS) is 9.91. The average Bonchev–Trinajstić information content (AvgIpc) is 2.81. The highest BCUT2D eigenvalue weighted by Crippen LogP contribution is 2.25. The van der Waals surface area contributed by atoms with Gasteiger partial charge in [-0.05, 0) is 29.9 Å². The molecule has 0 saturated carbocycles. The van der Waals surface area contributed by atoms with Crippen LogP contribution in [0.4, 0.5) is 0 Å². The summed E-state index contributed by atoms with van der Waals surface area (Å²) in [4.78, 5) is 35.5. The Hall–Kier alpha value is -3.66. The van der Waals surface area contributed by atoms with Gasteiger partial charge in [0.2, 0.25) is 5.91 Å². The van der Waals surface area contributed by atoms with Crippen LogP contribution >= 0.6 is 12.2 Å². The molecule has 170 valence electrons. The van der Waals surface area contributed by atoms with E-state index >= 15 is 0 Å². The first-order valence-corrected chi connectivity index (χ1v) is 10.2. The fourth-order valence-corrected chi connectivity index (χ4v) is 2.64. The number of thiocarbonyl (C=S) groups is 1. The molecule has 0 aliphatic rings. The third kappa shape index (κ3) is 9.43. The Morgan fingerprint density at radius 2 is 1.56 bits per heavy atom. The zero-order chi connectivity index (χ0) is 23.2. The first-order valence-electron chi connectivity index (χ1n) is 9.82. The van der Waals surface area contributed by atoms with Crippen LogP contribution in [0.1, 0.15) is 18.4 Å². The molecule has 0 fully saturated rings. The molecule has 0 atom stereocenters. The van der Waals surface area contributed by atoms with Crippen LogP contribution in [-0.2, 0) is 25.5 Å². The molecule has 0 aromatic heterocycles. The van der Waals surface area contributed by atoms with Crippen molar-refractivity contribution in [1.29, 1.82) is 0 Å². The second-order valence-corrected chi connectivity index (χ2v) is 6.85. The number of para-hydroxylation sites is 2. The van der Waals surface area contributed by atoms with Crippen LogP contribution < -0.4 is 25.6 Å². The van der Waals surface area contributed by atoms with Crippen molar-refractivity contribution in [3.05, 3.63) is 60.2 Å². The molecule has 2 aromatic carbocycles. The number of amides is 2. The van der Waals surface area contributed by atoms with Crippen molar-refractivity contribution >= 4 is 35.1 Å². The lowest BCUT2D eigenvalue weighted by molar-refractivity contribution is -0.144. The lowest BCUT2D eigenvalue weighted by atomic mass is 10.2. The number of hydrogen-bond acceptors (Lipinski definition) is 7. The standard InChI is InChI=1S/C22H25N3O6S/c1-29-17-9-5-6-10-18(17)31-15-20(27)24-25-22(32)23-19(26)11-12-21(28)30-14-13-16-7-3-2-4-8-16/h2-10H,11-15H2,1H3,(H,24,27)(H2,23,25,26,32). The molecule has 0 heterocycles. The minimum Gasteiger partial charge on any atom is -0.493 e. The van der Waals surface area contributed by atoms with Gasteiger partial charge in [-0.15, -0.1) is 0 Å². The Balaban J connectivity index is 1.57. The van der Waals surface area contributed by atoms with E-state index in [4.69, 9.17) is 26.4 Å². The van der Waals surface area contributed by atoms with Gasteiger partial charge in [-0.3, -0.25) is 25.2 Å². The van der Waals surface area contributed by atoms with Crippen molar-refractivity contribution in [1.82, 2.24) is 16.2 Å². The van der Waals surface area contributed by atoms with E-state index in [1.54, 1.807) is 24.3 Å². The molecule has 2 aromatic rings. The number of carbonyl (C=O) groups excluding carboxylic acids is 3. The van der Waals surface area contributed by atoms with Crippen LogP contribution in [0.25, 0.3) is 0 Å². The van der Waals surface area contributed by atoms with Gasteiger partial charge in [-0.1, -0.05) is 42.5 Å². The van der Waals surface area contributed by atoms with Crippen molar-refractivity contribution in [2.45, 2.75) is 19.3 Å². The fourth-order valence-electron chi connectivity index (χ4n) is 2.48. The van der Waals surface area contributed by atoms with E-state index < -0.39 is 17.8 Å². The molecule has 3 N–H and O–H groups in total. The highest BCUT2D eigenvalue weighted by molar-refractivity contribution is 7.80. The second-order valence-electron chi connectivity index (χ2n) is 6.45. The molecule has 0 unspecified atom stereocenters. The van der Waals surface area contributed by atoms with Gasteiger partial charge in [-0.2, -0.15) is 0 Å². The molecule has 0 saturated heterocycles. The summed E-state index contributed by atoms with van der Waals surface area (Å²) in [6.07, 6.45) is 0.423. The maximum Gasteiger partial charge on any atom is 0.306 e. The predicted molar refractivity (Wildman–Crippen MR) is 121 cm³/mol. The maximum absolute atomic E-state index is 11.9. The summed E-state index contributed by atoms with van der Waals surface area (Å²) in [5.41, 5.74) is 5.75. The molecular weight excluding hydrogens is 434 g/mol. The largest absolute Gasteiger partial charge is 0.493 e. The average molecular weight is 460 g/mol. The molecule has 2 amide bonds. The third-order valence-corrected chi connectivity index (χ3v) is 4.25. The van der Waals surface area contributed by atoms with Crippen molar-refractivity contribution in [2.24, 2.45) is 0 Å². The summed E-state index contributed by atoms with van der Waals surface area (Å²) in [7, 11) is 1.50. The zero-order valence-electron chi connectivity index (χ0n) is 17.6. The van der Waals surface area contributed by atoms with Gasteiger partial charge >= 0.3 is 5.97 Å². The van der Waals surface area contributed by atoms with Crippen molar-refractivity contribution in [2.75, 3.05) is 20.3 Å². The Morgan fingerprint density at radius 1 is 0.875 bits per heavy atom. The van der Waals surface area contributed by atoms with E-state index in [9.17, 15) is 14.4 Å². The van der Waals surface area contributed by atoms with Gasteiger partial charge in [0, 0.05) is 12.8 Å². The Morgan fingerprint density at radius 3 is 2.28 bits per heavy atom. The van der Waals surface area contributed by atoms with Gasteiger partial charge < -0.3 is 19.5 Å². The fraction of sp³-hybridized carbons (Fsp3) is 0.273. The Labute approximate surface area is 191 Å². The number of methoxy groups -OCH3 is 1. The summed E-state index contributed by atoms with van der Waals surface area (Å²) in [6.45, 7) is -0.0495. The molecule has 32 heavy (non-hydrogen) atoms. The molecule has 0 spiro atoms. The van der Waals surface area contributed by atoms with Crippen molar-refractivity contribution in [3.63, 3.8) is 0 Å². The second kappa shape index (κ2) is 13.6. The highest BCUT2D eigenvalue weighted by Gasteiger charge is 2.11. The van der Waals surface area contributed by atoms with Crippen LogP contribution in [0.15, 0.2) is 54.6 Å². The number of hydrogen-bond donors (Lipinski definition) is 3. The summed E-state index contributed by atoms with van der Waals surface area (Å²) < 4.78 is 15.6. The summed E-state index contributed by atoms with van der Waals surface area (Å²) in [5, 5.41) is 2.25. The van der Waals surface area contributed by atoms with Gasteiger partial charge in [0.15, 0.2) is 23.2 Å². The predicted octanol–water partition coefficient (Wildman–Crippen LogP) is 1.66. The van der Waals surface area contributed by atoms with Crippen LogP contribution in [0.3, 0.4) is 0 Å². The van der Waals surface area contributed by atoms with E-state index in [0.29, 0.717) is 17.9 Å². The molecular formula is C22H25N3O6S. The van der Waals surface area contributed by atoms with E-state index in [-0.39, 0.29) is 31.2 Å². The number of benzene rings is 2. The molecule has 0 aliphatic carbocycles. The quantitative estimate of drug-likeness (QED) is 0.279. The highest BCUT2D eigenvalue weighted by atomic mass is 32.1. The lowest BCUT2D eigenvalue weighted by Gasteiger charge is -2.12. The molecule has 9 nitrogen and oxygen atoms in total. The van der Waals surface area contributed by atoms with Crippen LogP contribution in [0.2, 0.25) is 0 Å².